The van der Waals surface area contributed by atoms with E-state index in [1.165, 1.54) is 22.7 Å². The van der Waals surface area contributed by atoms with Crippen molar-refractivity contribution in [3.8, 4) is 11.5 Å². The first-order chi connectivity index (χ1) is 8.65. The molecule has 8 heteroatoms. The lowest BCUT2D eigenvalue weighted by molar-refractivity contribution is 0.417. The predicted octanol–water partition coefficient (Wildman–Crippen LogP) is 4.45. The maximum Gasteiger partial charge on any atom is 0.171 e. The molecule has 0 aliphatic carbocycles. The van der Waals surface area contributed by atoms with Gasteiger partial charge in [0.25, 0.3) is 0 Å². The molecular weight excluding hydrogens is 404 g/mol. The second-order valence-electron chi connectivity index (χ2n) is 3.35. The number of fused-ring (bicyclic) bond motifs is 2. The van der Waals surface area contributed by atoms with Crippen LogP contribution in [-0.4, -0.2) is 24.2 Å². The van der Waals surface area contributed by atoms with Crippen molar-refractivity contribution in [2.75, 3.05) is 14.2 Å². The van der Waals surface area contributed by atoms with Gasteiger partial charge in [0.2, 0.25) is 0 Å². The van der Waals surface area contributed by atoms with Crippen molar-refractivity contribution in [1.29, 1.82) is 0 Å². The Morgan fingerprint density at radius 2 is 1.22 bits per heavy atom. The van der Waals surface area contributed by atoms with Crippen molar-refractivity contribution in [2.24, 2.45) is 0 Å². The van der Waals surface area contributed by atoms with Crippen LogP contribution in [0.15, 0.2) is 7.57 Å². The summed E-state index contributed by atoms with van der Waals surface area (Å²) in [5.74, 6) is 1.46. The van der Waals surface area contributed by atoms with Gasteiger partial charge in [-0.25, -0.2) is 9.97 Å². The Bertz CT molecular complexity index is 689. The van der Waals surface area contributed by atoms with Gasteiger partial charge in [-0.05, 0) is 31.9 Å². The number of aromatic nitrogens is 2. The number of hydrogen-bond donors (Lipinski definition) is 0. The largest absolute Gasteiger partial charge is 0.492 e. The number of nitrogens with zero attached hydrogens (tertiary/aromatic N) is 2. The number of hydrogen-bond acceptors (Lipinski definition) is 6. The summed E-state index contributed by atoms with van der Waals surface area (Å²) in [5, 5.41) is 0. The van der Waals surface area contributed by atoms with Crippen LogP contribution in [0.2, 0.25) is 0 Å². The third-order valence-electron chi connectivity index (χ3n) is 2.40. The second kappa shape index (κ2) is 4.59. The van der Waals surface area contributed by atoms with E-state index in [0.29, 0.717) is 0 Å². The van der Waals surface area contributed by atoms with E-state index in [1.807, 2.05) is 0 Å². The molecule has 0 unspecified atom stereocenters. The van der Waals surface area contributed by atoms with E-state index in [1.54, 1.807) is 14.2 Å². The highest BCUT2D eigenvalue weighted by Gasteiger charge is 2.19. The van der Waals surface area contributed by atoms with Crippen LogP contribution in [0.5, 0.6) is 11.5 Å². The number of thiophene rings is 2. The van der Waals surface area contributed by atoms with Gasteiger partial charge >= 0.3 is 0 Å². The fourth-order valence-electron chi connectivity index (χ4n) is 1.65. The summed E-state index contributed by atoms with van der Waals surface area (Å²) in [6.45, 7) is 0. The smallest absolute Gasteiger partial charge is 0.171 e. The van der Waals surface area contributed by atoms with Gasteiger partial charge in [-0.15, -0.1) is 22.7 Å². The van der Waals surface area contributed by atoms with E-state index in [2.05, 4.69) is 41.8 Å². The van der Waals surface area contributed by atoms with Crippen molar-refractivity contribution in [3.63, 3.8) is 0 Å². The monoisotopic (exact) mass is 408 g/mol. The van der Waals surface area contributed by atoms with E-state index in [4.69, 9.17) is 9.47 Å². The summed E-state index contributed by atoms with van der Waals surface area (Å²) >= 11 is 9.91. The Kier molecular flexibility index (Phi) is 3.21. The summed E-state index contributed by atoms with van der Waals surface area (Å²) in [6, 6.07) is 0. The molecule has 0 saturated carbocycles. The number of methoxy groups -OCH3 is 2. The minimum Gasteiger partial charge on any atom is -0.492 e. The first-order valence-corrected chi connectivity index (χ1v) is 8.03. The molecule has 0 fully saturated rings. The second-order valence-corrected chi connectivity index (χ2v) is 7.98. The van der Waals surface area contributed by atoms with E-state index in [0.717, 1.165) is 39.8 Å². The normalized spacial score (nSPS) is 11.3. The molecule has 18 heavy (non-hydrogen) atoms. The molecule has 0 aliphatic heterocycles. The molecule has 0 amide bonds. The van der Waals surface area contributed by atoms with Crippen molar-refractivity contribution in [2.45, 2.75) is 0 Å². The Morgan fingerprint density at radius 1 is 0.833 bits per heavy atom. The lowest BCUT2D eigenvalue weighted by atomic mass is 10.4. The lowest BCUT2D eigenvalue weighted by Crippen LogP contribution is -1.86. The average Bonchev–Trinajstić information content (AvgIpc) is 2.80. The molecule has 3 aromatic rings. The Labute approximate surface area is 127 Å². The fourth-order valence-corrected chi connectivity index (χ4v) is 4.89. The summed E-state index contributed by atoms with van der Waals surface area (Å²) in [6.07, 6.45) is 0. The minimum atomic E-state index is 0.730. The van der Waals surface area contributed by atoms with Gasteiger partial charge in [-0.2, -0.15) is 0 Å². The van der Waals surface area contributed by atoms with Crippen LogP contribution < -0.4 is 9.47 Å². The van der Waals surface area contributed by atoms with Gasteiger partial charge in [-0.1, -0.05) is 0 Å². The van der Waals surface area contributed by atoms with E-state index >= 15 is 0 Å². The molecule has 0 aromatic carbocycles. The molecule has 0 atom stereocenters. The summed E-state index contributed by atoms with van der Waals surface area (Å²) in [5.41, 5.74) is 1.55. The molecule has 3 heterocycles. The predicted molar refractivity (Wildman–Crippen MR) is 81.3 cm³/mol. The highest BCUT2D eigenvalue weighted by Crippen LogP contribution is 2.44. The molecule has 0 spiro atoms. The maximum absolute atomic E-state index is 5.33. The topological polar surface area (TPSA) is 44.2 Å². The standard InChI is InChI=1S/C10H6Br2N2O2S2/c1-15-5-3-9(17-7(5)11)14-4-6(16-2)8(12)18-10(4)13-3/h1-2H3. The lowest BCUT2D eigenvalue weighted by Gasteiger charge is -1.98. The molecular formula is C10H6Br2N2O2S2. The van der Waals surface area contributed by atoms with Crippen molar-refractivity contribution in [3.05, 3.63) is 7.57 Å². The zero-order chi connectivity index (χ0) is 12.9. The van der Waals surface area contributed by atoms with Crippen LogP contribution >= 0.6 is 54.5 Å². The molecule has 94 valence electrons. The van der Waals surface area contributed by atoms with Crippen LogP contribution in [-0.2, 0) is 0 Å². The molecule has 4 nitrogen and oxygen atoms in total. The molecule has 0 radical (unpaired) electrons. The van der Waals surface area contributed by atoms with Crippen LogP contribution in [0.4, 0.5) is 0 Å². The van der Waals surface area contributed by atoms with Gasteiger partial charge in [0.1, 0.15) is 28.3 Å². The van der Waals surface area contributed by atoms with Gasteiger partial charge in [0.05, 0.1) is 14.2 Å². The third-order valence-corrected chi connectivity index (χ3v) is 5.78. The van der Waals surface area contributed by atoms with Gasteiger partial charge < -0.3 is 9.47 Å². The van der Waals surface area contributed by atoms with Crippen molar-refractivity contribution in [1.82, 2.24) is 9.97 Å². The quantitative estimate of drug-likeness (QED) is 0.627. The zero-order valence-electron chi connectivity index (χ0n) is 9.28. The molecule has 0 bridgehead atoms. The summed E-state index contributed by atoms with van der Waals surface area (Å²) in [7, 11) is 3.26. The molecule has 3 aromatic heterocycles. The zero-order valence-corrected chi connectivity index (χ0v) is 14.1. The van der Waals surface area contributed by atoms with Crippen LogP contribution in [0.3, 0.4) is 0 Å². The van der Waals surface area contributed by atoms with Gasteiger partial charge in [0.15, 0.2) is 11.5 Å². The number of ether oxygens (including phenoxy) is 2. The van der Waals surface area contributed by atoms with Gasteiger partial charge in [0, 0.05) is 0 Å². The van der Waals surface area contributed by atoms with E-state index < -0.39 is 0 Å². The first-order valence-electron chi connectivity index (χ1n) is 4.81. The summed E-state index contributed by atoms with van der Waals surface area (Å²) < 4.78 is 12.5. The number of rotatable bonds is 2. The van der Waals surface area contributed by atoms with E-state index in [-0.39, 0.29) is 0 Å². The van der Waals surface area contributed by atoms with Crippen LogP contribution in [0.1, 0.15) is 0 Å². The Morgan fingerprint density at radius 3 is 1.56 bits per heavy atom. The van der Waals surface area contributed by atoms with Crippen molar-refractivity contribution >= 4 is 75.2 Å². The fraction of sp³-hybridized carbons (Fsp3) is 0.200. The summed E-state index contributed by atoms with van der Waals surface area (Å²) in [4.78, 5) is 10.9. The highest BCUT2D eigenvalue weighted by atomic mass is 79.9. The van der Waals surface area contributed by atoms with Crippen LogP contribution in [0, 0.1) is 0 Å². The molecule has 3 rings (SSSR count). The molecule has 0 saturated heterocycles. The minimum absolute atomic E-state index is 0.730. The SMILES string of the molecule is COc1c(Br)sc2nc3c(OC)c(Br)sc3nc12. The number of halogens is 2. The molecule has 0 aliphatic rings. The average molecular weight is 410 g/mol. The molecule has 0 N–H and O–H groups in total. The van der Waals surface area contributed by atoms with Crippen molar-refractivity contribution < 1.29 is 9.47 Å². The first kappa shape index (κ1) is 12.6. The van der Waals surface area contributed by atoms with Gasteiger partial charge in [-0.3, -0.25) is 0 Å². The van der Waals surface area contributed by atoms with E-state index in [9.17, 15) is 0 Å². The Hall–Kier alpha value is -0.440. The van der Waals surface area contributed by atoms with Crippen LogP contribution in [0.25, 0.3) is 20.7 Å². The highest BCUT2D eigenvalue weighted by molar-refractivity contribution is 9.11. The maximum atomic E-state index is 5.33. The Balaban J connectivity index is 2.42. The third kappa shape index (κ3) is 1.74.